The lowest BCUT2D eigenvalue weighted by Crippen LogP contribution is -1.99. The Bertz CT molecular complexity index is 6550. The first-order valence-corrected chi connectivity index (χ1v) is 44.2. The van der Waals surface area contributed by atoms with E-state index in [1.54, 1.807) is 0 Å². The zero-order valence-electron chi connectivity index (χ0n) is 76.5. The predicted octanol–water partition coefficient (Wildman–Crippen LogP) is 29.3. The van der Waals surface area contributed by atoms with Gasteiger partial charge in [0.1, 0.15) is 11.6 Å². The molecule has 0 aliphatic carbocycles. The van der Waals surface area contributed by atoms with Crippen LogP contribution in [-0.4, -0.2) is 64.8 Å². The van der Waals surface area contributed by atoms with Gasteiger partial charge in [-0.05, 0) is 150 Å². The highest BCUT2D eigenvalue weighted by atomic mass is 15.0. The van der Waals surface area contributed by atoms with E-state index in [4.69, 9.17) is 29.9 Å². The average molecular weight is 1720 g/mol. The maximum atomic E-state index is 4.86. The second-order valence-corrected chi connectivity index (χ2v) is 32.7. The van der Waals surface area contributed by atoms with Crippen LogP contribution in [0.2, 0.25) is 0 Å². The van der Waals surface area contributed by atoms with Gasteiger partial charge in [0.15, 0.2) is 34.9 Å². The van der Waals surface area contributed by atoms with E-state index in [0.717, 1.165) is 181 Å². The Balaban J connectivity index is 0.000000122. The summed E-state index contributed by atoms with van der Waals surface area (Å²) in [4.78, 5) is 60.5. The van der Waals surface area contributed by atoms with Crippen LogP contribution in [0.25, 0.3) is 158 Å². The molecule has 0 spiro atoms. The summed E-state index contributed by atoms with van der Waals surface area (Å²) >= 11 is 0. The van der Waals surface area contributed by atoms with Crippen molar-refractivity contribution in [2.45, 2.75) is 83.1 Å². The fourth-order valence-electron chi connectivity index (χ4n) is 14.8. The molecule has 6 aromatic heterocycles. The lowest BCUT2D eigenvalue weighted by molar-refractivity contribution is 0.991. The third-order valence-electron chi connectivity index (χ3n) is 21.5. The van der Waals surface area contributed by atoms with E-state index >= 15 is 0 Å². The van der Waals surface area contributed by atoms with Crippen LogP contribution in [0, 0.1) is 83.1 Å². The Kier molecular flexibility index (Phi) is 30.0. The molecule has 13 heteroatoms. The summed E-state index contributed by atoms with van der Waals surface area (Å²) in [6, 6.07) is 138. The van der Waals surface area contributed by atoms with E-state index in [1.807, 2.05) is 191 Å². The van der Waals surface area contributed by atoms with Crippen LogP contribution < -0.4 is 0 Å². The van der Waals surface area contributed by atoms with E-state index in [9.17, 15) is 0 Å². The molecule has 13 nitrogen and oxygen atoms in total. The number of benzene rings is 14. The summed E-state index contributed by atoms with van der Waals surface area (Å²) in [5.41, 5.74) is 34.5. The molecule has 0 saturated heterocycles. The Hall–Kier alpha value is -16.5. The number of hydrogen-bond donors (Lipinski definition) is 0. The molecule has 0 N–H and O–H groups in total. The maximum absolute atomic E-state index is 4.86. The Labute approximate surface area is 775 Å². The molecule has 132 heavy (non-hydrogen) atoms. The first kappa shape index (κ1) is 90.3. The smallest absolute Gasteiger partial charge is 0.163 e. The van der Waals surface area contributed by atoms with Crippen molar-refractivity contribution < 1.29 is 0 Å². The van der Waals surface area contributed by atoms with E-state index in [-0.39, 0.29) is 0 Å². The molecule has 0 bridgehead atoms. The van der Waals surface area contributed by atoms with Crippen molar-refractivity contribution in [1.29, 1.82) is 0 Å². The highest BCUT2D eigenvalue weighted by molar-refractivity contribution is 5.76. The minimum absolute atomic E-state index is 0.717. The highest BCUT2D eigenvalue weighted by Gasteiger charge is 2.17. The van der Waals surface area contributed by atoms with E-state index in [0.29, 0.717) is 0 Å². The molecule has 0 fully saturated rings. The minimum Gasteiger partial charge on any atom is -0.233 e. The summed E-state index contributed by atoms with van der Waals surface area (Å²) in [5.74, 6) is 6.04. The number of aromatic nitrogens is 13. The van der Waals surface area contributed by atoms with Gasteiger partial charge < -0.3 is 0 Å². The van der Waals surface area contributed by atoms with Gasteiger partial charge in [-0.2, -0.15) is 0 Å². The van der Waals surface area contributed by atoms with Gasteiger partial charge in [-0.1, -0.05) is 384 Å². The summed E-state index contributed by atoms with van der Waals surface area (Å²) < 4.78 is 0. The van der Waals surface area contributed by atoms with Crippen LogP contribution in [0.5, 0.6) is 0 Å². The van der Waals surface area contributed by atoms with Crippen LogP contribution >= 0.6 is 0 Å². The predicted molar refractivity (Wildman–Crippen MR) is 543 cm³/mol. The fourth-order valence-corrected chi connectivity index (χ4v) is 14.8. The molecule has 0 aliphatic heterocycles. The highest BCUT2D eigenvalue weighted by Crippen LogP contribution is 2.34. The second-order valence-electron chi connectivity index (χ2n) is 32.7. The van der Waals surface area contributed by atoms with Gasteiger partial charge in [-0.3, -0.25) is 0 Å². The average Bonchev–Trinajstić information content (AvgIpc) is 0.863. The molecule has 0 atom stereocenters. The molecule has 0 unspecified atom stereocenters. The third kappa shape index (κ3) is 25.0. The van der Waals surface area contributed by atoms with Gasteiger partial charge >= 0.3 is 0 Å². The zero-order valence-corrected chi connectivity index (χ0v) is 76.5. The van der Waals surface area contributed by atoms with Gasteiger partial charge in [0.25, 0.3) is 0 Å². The number of hydrogen-bond acceptors (Lipinski definition) is 13. The van der Waals surface area contributed by atoms with Crippen LogP contribution in [0.4, 0.5) is 0 Å². The van der Waals surface area contributed by atoms with Crippen molar-refractivity contribution in [3.8, 4) is 158 Å². The van der Waals surface area contributed by atoms with Crippen LogP contribution in [0.3, 0.4) is 0 Å². The van der Waals surface area contributed by atoms with Crippen molar-refractivity contribution >= 4 is 0 Å². The first-order chi connectivity index (χ1) is 64.3. The second kappa shape index (κ2) is 43.8. The fraction of sp³-hybridized carbons (Fsp3) is 0.101. The topological polar surface area (TPSA) is 168 Å². The monoisotopic (exact) mass is 1710 g/mol. The third-order valence-corrected chi connectivity index (χ3v) is 21.5. The van der Waals surface area contributed by atoms with Gasteiger partial charge in [-0.25, -0.2) is 64.8 Å². The summed E-state index contributed by atoms with van der Waals surface area (Å²) in [5, 5.41) is 0. The number of aryl methyl sites for hydroxylation is 12. The summed E-state index contributed by atoms with van der Waals surface area (Å²) in [6.07, 6.45) is 0. The zero-order chi connectivity index (χ0) is 91.7. The van der Waals surface area contributed by atoms with Crippen molar-refractivity contribution in [1.82, 2.24) is 64.8 Å². The molecule has 0 saturated carbocycles. The molecule has 0 radical (unpaired) electrons. The first-order valence-electron chi connectivity index (χ1n) is 44.2. The van der Waals surface area contributed by atoms with Gasteiger partial charge in [0.2, 0.25) is 0 Å². The SMILES string of the molecule is Cc1ccc(-c2cc(-c3ccccc3)nc(-c3cccc(C)c3)n2)cc1.Cc1ccc(-c2nc(-c3ccccc3)cc(-c3cccc(C)c3)n2)cc1.Cc1cccc(-c2cc(-c3ccccc3)nc(C)n2)c1.Cc1cccc(-c2cc(C)nc(-c3ccccc3)n2)c1.Cc1cccc(-c2nc(C)cc(-c3ccccc3)n2)c1.Cc1cccc(-c2nc(C)nc(-c3ccccc3)n2)c1. The van der Waals surface area contributed by atoms with Crippen molar-refractivity contribution in [3.63, 3.8) is 0 Å². The molecule has 0 amide bonds. The van der Waals surface area contributed by atoms with E-state index in [2.05, 4.69) is 333 Å². The molecule has 6 heterocycles. The van der Waals surface area contributed by atoms with Crippen molar-refractivity contribution in [3.05, 3.63) is 474 Å². The molecule has 14 aromatic carbocycles. The molecule has 644 valence electrons. The quantitative estimate of drug-likeness (QED) is 0.101. The maximum Gasteiger partial charge on any atom is 0.163 e. The van der Waals surface area contributed by atoms with Gasteiger partial charge in [0, 0.05) is 89.3 Å². The Morgan fingerprint density at radius 2 is 0.303 bits per heavy atom. The molecule has 20 rings (SSSR count). The van der Waals surface area contributed by atoms with Gasteiger partial charge in [0.05, 0.1) is 45.6 Å². The molecular formula is C119H103N13. The van der Waals surface area contributed by atoms with Crippen molar-refractivity contribution in [2.75, 3.05) is 0 Å². The standard InChI is InChI=1S/2C24H20N2.3C18H16N2.C17H15N3/c1-17-11-13-20(14-12-17)24-25-22(19-8-4-3-5-9-19)16-23(26-24)21-10-6-7-18(2)15-21;1-17-11-13-20(14-12-17)23-16-22(19-8-4-3-5-9-19)25-24(26-23)21-10-6-7-18(2)15-21;1-13-7-6-10-16(11-13)18-12-17(19-14(2)20-18)15-8-4-3-5-9-15;1-13-7-6-10-16(11-13)17-12-14(2)19-18(20-17)15-8-4-3-5-9-15;1-13-7-6-10-16(11-13)18-19-14(2)12-17(20-18)15-8-4-3-5-9-15;1-12-7-6-10-15(11-12)17-19-13(2)18-16(20-17)14-8-4-3-5-9-14/h2*3-16H,1-2H3;3*3-12H,1-2H3;3-11H,1-2H3. The largest absolute Gasteiger partial charge is 0.233 e. The van der Waals surface area contributed by atoms with E-state index in [1.165, 1.54) is 44.5 Å². The molecular weight excluding hydrogens is 1610 g/mol. The number of nitrogens with zero attached hydrogens (tertiary/aromatic N) is 13. The van der Waals surface area contributed by atoms with Crippen LogP contribution in [0.1, 0.15) is 67.5 Å². The molecule has 0 aliphatic rings. The lowest BCUT2D eigenvalue weighted by Gasteiger charge is -2.10. The van der Waals surface area contributed by atoms with E-state index < -0.39 is 0 Å². The summed E-state index contributed by atoms with van der Waals surface area (Å²) in [6.45, 7) is 24.5. The van der Waals surface area contributed by atoms with Crippen molar-refractivity contribution in [2.24, 2.45) is 0 Å². The molecule has 20 aromatic rings. The lowest BCUT2D eigenvalue weighted by atomic mass is 10.0. The Morgan fingerprint density at radius 3 is 0.621 bits per heavy atom. The minimum atomic E-state index is 0.717. The Morgan fingerprint density at radius 1 is 0.114 bits per heavy atom. The van der Waals surface area contributed by atoms with Gasteiger partial charge in [-0.15, -0.1) is 0 Å². The van der Waals surface area contributed by atoms with Crippen LogP contribution in [-0.2, 0) is 0 Å². The normalized spacial score (nSPS) is 10.6. The number of rotatable bonds is 14. The summed E-state index contributed by atoms with van der Waals surface area (Å²) in [7, 11) is 0. The van der Waals surface area contributed by atoms with Crippen LogP contribution in [0.15, 0.2) is 406 Å².